The molecule has 1 atom stereocenters. The van der Waals surface area contributed by atoms with Crippen molar-refractivity contribution >= 4 is 17.5 Å². The maximum Gasteiger partial charge on any atom is 0.263 e. The van der Waals surface area contributed by atoms with Crippen LogP contribution in [0.2, 0.25) is 0 Å². The largest absolute Gasteiger partial charge is 0.496 e. The summed E-state index contributed by atoms with van der Waals surface area (Å²) in [5, 5.41) is 9.04. The Hall–Kier alpha value is -4.76. The Bertz CT molecular complexity index is 1760. The van der Waals surface area contributed by atoms with Crippen molar-refractivity contribution in [1.82, 2.24) is 15.2 Å². The van der Waals surface area contributed by atoms with Crippen molar-refractivity contribution < 1.29 is 18.7 Å². The summed E-state index contributed by atoms with van der Waals surface area (Å²) in [4.78, 5) is 36.9. The third-order valence-corrected chi connectivity index (χ3v) is 8.04. The van der Waals surface area contributed by atoms with Gasteiger partial charge in [-0.15, -0.1) is 0 Å². The van der Waals surface area contributed by atoms with Gasteiger partial charge in [0.15, 0.2) is 0 Å². The zero-order valence-corrected chi connectivity index (χ0v) is 24.7. The van der Waals surface area contributed by atoms with Gasteiger partial charge in [-0.25, -0.2) is 4.39 Å². The second kappa shape index (κ2) is 12.6. The average molecular weight is 583 g/mol. The molecular formula is C34H35FN4O4. The van der Waals surface area contributed by atoms with Crippen LogP contribution in [0, 0.1) is 19.7 Å². The SMILES string of the molecule is COc1cc(-c2cccc(-c3cccc(NC(=O)c4cccn(C)c4=O)c3C)c2C)cc(F)c1CNCC1CCC(=O)N1. The van der Waals surface area contributed by atoms with E-state index in [1.54, 1.807) is 25.4 Å². The zero-order chi connectivity index (χ0) is 30.7. The van der Waals surface area contributed by atoms with Crippen LogP contribution in [-0.2, 0) is 18.4 Å². The summed E-state index contributed by atoms with van der Waals surface area (Å²) >= 11 is 0. The summed E-state index contributed by atoms with van der Waals surface area (Å²) in [5.41, 5.74) is 5.87. The Morgan fingerprint density at radius 1 is 1.02 bits per heavy atom. The number of anilines is 1. The van der Waals surface area contributed by atoms with Gasteiger partial charge in [-0.3, -0.25) is 14.4 Å². The molecule has 1 aliphatic heterocycles. The van der Waals surface area contributed by atoms with Crippen molar-refractivity contribution in [1.29, 1.82) is 0 Å². The number of carbonyl (C=O) groups is 2. The highest BCUT2D eigenvalue weighted by Gasteiger charge is 2.21. The summed E-state index contributed by atoms with van der Waals surface area (Å²) in [7, 11) is 3.13. The number of pyridine rings is 1. The molecule has 1 aliphatic rings. The lowest BCUT2D eigenvalue weighted by atomic mass is 9.90. The van der Waals surface area contributed by atoms with E-state index in [0.717, 1.165) is 34.2 Å². The molecule has 5 rings (SSSR count). The molecule has 3 N–H and O–H groups in total. The van der Waals surface area contributed by atoms with Crippen molar-refractivity contribution in [2.24, 2.45) is 7.05 Å². The van der Waals surface area contributed by atoms with Gasteiger partial charge in [0.25, 0.3) is 11.5 Å². The number of amides is 2. The van der Waals surface area contributed by atoms with Gasteiger partial charge in [0.1, 0.15) is 17.1 Å². The van der Waals surface area contributed by atoms with Crippen LogP contribution in [0.1, 0.15) is 39.9 Å². The maximum absolute atomic E-state index is 15.5. The second-order valence-corrected chi connectivity index (χ2v) is 10.8. The molecule has 1 aromatic heterocycles. The van der Waals surface area contributed by atoms with Crippen LogP contribution in [0.3, 0.4) is 0 Å². The van der Waals surface area contributed by atoms with Gasteiger partial charge in [-0.2, -0.15) is 0 Å². The molecule has 0 spiro atoms. The number of hydrogen-bond acceptors (Lipinski definition) is 5. The Balaban J connectivity index is 1.42. The number of hydrogen-bond donors (Lipinski definition) is 3. The molecule has 9 heteroatoms. The van der Waals surface area contributed by atoms with Gasteiger partial charge in [0.05, 0.1) is 7.11 Å². The first kappa shape index (κ1) is 29.7. The lowest BCUT2D eigenvalue weighted by molar-refractivity contribution is -0.119. The van der Waals surface area contributed by atoms with E-state index in [1.807, 2.05) is 50.2 Å². The number of halogens is 1. The minimum Gasteiger partial charge on any atom is -0.496 e. The number of nitrogens with one attached hydrogen (secondary N) is 3. The van der Waals surface area contributed by atoms with Gasteiger partial charge in [-0.1, -0.05) is 30.3 Å². The molecule has 1 fully saturated rings. The molecule has 1 unspecified atom stereocenters. The van der Waals surface area contributed by atoms with E-state index in [9.17, 15) is 14.4 Å². The maximum atomic E-state index is 15.5. The van der Waals surface area contributed by atoms with E-state index < -0.39 is 5.91 Å². The van der Waals surface area contributed by atoms with E-state index in [0.29, 0.717) is 35.5 Å². The van der Waals surface area contributed by atoms with Crippen molar-refractivity contribution in [2.45, 2.75) is 39.3 Å². The number of rotatable bonds is 9. The third-order valence-electron chi connectivity index (χ3n) is 8.04. The van der Waals surface area contributed by atoms with Crippen LogP contribution in [-0.4, -0.2) is 36.1 Å². The molecule has 2 heterocycles. The molecule has 4 aromatic rings. The van der Waals surface area contributed by atoms with Crippen LogP contribution in [0.4, 0.5) is 10.1 Å². The number of aryl methyl sites for hydroxylation is 1. The number of benzene rings is 3. The second-order valence-electron chi connectivity index (χ2n) is 10.8. The monoisotopic (exact) mass is 582 g/mol. The van der Waals surface area contributed by atoms with Gasteiger partial charge >= 0.3 is 0 Å². The van der Waals surface area contributed by atoms with Crippen molar-refractivity contribution in [3.05, 3.63) is 105 Å². The molecule has 0 aliphatic carbocycles. The van der Waals surface area contributed by atoms with Crippen molar-refractivity contribution in [2.75, 3.05) is 19.0 Å². The van der Waals surface area contributed by atoms with Crippen LogP contribution in [0.15, 0.2) is 71.7 Å². The molecular weight excluding hydrogens is 547 g/mol. The highest BCUT2D eigenvalue weighted by Crippen LogP contribution is 2.37. The van der Waals surface area contributed by atoms with E-state index in [-0.39, 0.29) is 35.4 Å². The van der Waals surface area contributed by atoms with Gasteiger partial charge < -0.3 is 25.3 Å². The highest BCUT2D eigenvalue weighted by molar-refractivity contribution is 6.05. The topological polar surface area (TPSA) is 101 Å². The Labute approximate surface area is 249 Å². The van der Waals surface area contributed by atoms with E-state index >= 15 is 4.39 Å². The minimum atomic E-state index is -0.475. The molecule has 43 heavy (non-hydrogen) atoms. The zero-order valence-electron chi connectivity index (χ0n) is 24.7. The minimum absolute atomic E-state index is 0.0449. The first-order valence-electron chi connectivity index (χ1n) is 14.2. The average Bonchev–Trinajstić information content (AvgIpc) is 3.41. The molecule has 0 bridgehead atoms. The van der Waals surface area contributed by atoms with Gasteiger partial charge in [0.2, 0.25) is 5.91 Å². The molecule has 0 radical (unpaired) electrons. The number of aromatic nitrogens is 1. The van der Waals surface area contributed by atoms with Crippen molar-refractivity contribution in [3.8, 4) is 28.0 Å². The summed E-state index contributed by atoms with van der Waals surface area (Å²) in [6, 6.07) is 18.1. The summed E-state index contributed by atoms with van der Waals surface area (Å²) < 4.78 is 22.4. The Morgan fingerprint density at radius 2 is 1.74 bits per heavy atom. The van der Waals surface area contributed by atoms with Crippen molar-refractivity contribution in [3.63, 3.8) is 0 Å². The van der Waals surface area contributed by atoms with E-state index in [1.165, 1.54) is 23.8 Å². The fourth-order valence-corrected chi connectivity index (χ4v) is 5.59. The normalized spacial score (nSPS) is 14.4. The number of methoxy groups -OCH3 is 1. The lowest BCUT2D eigenvalue weighted by Gasteiger charge is -2.18. The predicted octanol–water partition coefficient (Wildman–Crippen LogP) is 5.10. The fraction of sp³-hybridized carbons (Fsp3) is 0.265. The molecule has 0 saturated carbocycles. The van der Waals surface area contributed by atoms with Gasteiger partial charge in [-0.05, 0) is 84.0 Å². The summed E-state index contributed by atoms with van der Waals surface area (Å²) in [6.07, 6.45) is 2.89. The van der Waals surface area contributed by atoms with Crippen LogP contribution >= 0.6 is 0 Å². The smallest absolute Gasteiger partial charge is 0.263 e. The number of ether oxygens (including phenoxy) is 1. The van der Waals surface area contributed by atoms with Crippen LogP contribution in [0.25, 0.3) is 22.3 Å². The molecule has 8 nitrogen and oxygen atoms in total. The summed E-state index contributed by atoms with van der Waals surface area (Å²) in [6.45, 7) is 4.73. The van der Waals surface area contributed by atoms with E-state index in [4.69, 9.17) is 4.74 Å². The first-order chi connectivity index (χ1) is 20.7. The Morgan fingerprint density at radius 3 is 2.47 bits per heavy atom. The Kier molecular flexibility index (Phi) is 8.73. The highest BCUT2D eigenvalue weighted by atomic mass is 19.1. The quantitative estimate of drug-likeness (QED) is 0.255. The molecule has 1 saturated heterocycles. The first-order valence-corrected chi connectivity index (χ1v) is 14.2. The summed E-state index contributed by atoms with van der Waals surface area (Å²) in [5.74, 6) is -0.369. The van der Waals surface area contributed by atoms with Crippen LogP contribution < -0.4 is 26.2 Å². The lowest BCUT2D eigenvalue weighted by Crippen LogP contribution is -2.35. The molecule has 3 aromatic carbocycles. The third kappa shape index (κ3) is 6.22. The fourth-order valence-electron chi connectivity index (χ4n) is 5.59. The van der Waals surface area contributed by atoms with Crippen LogP contribution in [0.5, 0.6) is 5.75 Å². The molecule has 222 valence electrons. The number of carbonyl (C=O) groups excluding carboxylic acids is 2. The molecule has 2 amide bonds. The van der Waals surface area contributed by atoms with Gasteiger partial charge in [0, 0.05) is 50.0 Å². The standard InChI is InChI=1S/C34H35FN4O4/c1-20-24(22-16-29(35)28(31(17-22)43-4)19-36-18-23-13-14-32(40)37-23)8-5-9-25(20)26-10-6-12-30(21(26)2)38-33(41)27-11-7-15-39(3)34(27)42/h5-12,15-17,23,36H,13-14,18-19H2,1-4H3,(H,37,40)(H,38,41). The predicted molar refractivity (Wildman–Crippen MR) is 166 cm³/mol. The van der Waals surface area contributed by atoms with E-state index in [2.05, 4.69) is 16.0 Å². The number of nitrogens with zero attached hydrogens (tertiary/aromatic N) is 1.